The first-order valence-electron chi connectivity index (χ1n) is 5.49. The summed E-state index contributed by atoms with van der Waals surface area (Å²) in [5, 5.41) is 3.44. The average molecular weight is 184 g/mol. The SMILES string of the molecule is C1CNCCCN(C2CCOC2)C1. The van der Waals surface area contributed by atoms with E-state index in [1.165, 1.54) is 45.4 Å². The van der Waals surface area contributed by atoms with Gasteiger partial charge in [0.25, 0.3) is 0 Å². The highest BCUT2D eigenvalue weighted by Crippen LogP contribution is 2.13. The molecule has 0 radical (unpaired) electrons. The van der Waals surface area contributed by atoms with Crippen LogP contribution in [0.4, 0.5) is 0 Å². The van der Waals surface area contributed by atoms with Crippen molar-refractivity contribution in [1.29, 1.82) is 0 Å². The number of nitrogens with one attached hydrogen (secondary N) is 1. The minimum atomic E-state index is 0.720. The lowest BCUT2D eigenvalue weighted by atomic mass is 10.2. The molecule has 0 aliphatic carbocycles. The molecule has 2 saturated heterocycles. The van der Waals surface area contributed by atoms with Crippen molar-refractivity contribution in [1.82, 2.24) is 10.2 Å². The van der Waals surface area contributed by atoms with E-state index in [9.17, 15) is 0 Å². The van der Waals surface area contributed by atoms with Gasteiger partial charge in [-0.1, -0.05) is 0 Å². The molecule has 2 fully saturated rings. The van der Waals surface area contributed by atoms with Crippen LogP contribution in [0.5, 0.6) is 0 Å². The second kappa shape index (κ2) is 4.94. The highest BCUT2D eigenvalue weighted by atomic mass is 16.5. The molecule has 0 aromatic rings. The minimum absolute atomic E-state index is 0.720. The highest BCUT2D eigenvalue weighted by molar-refractivity contribution is 4.77. The Morgan fingerprint density at radius 3 is 2.54 bits per heavy atom. The summed E-state index contributed by atoms with van der Waals surface area (Å²) in [6.07, 6.45) is 3.82. The van der Waals surface area contributed by atoms with E-state index in [1.54, 1.807) is 0 Å². The van der Waals surface area contributed by atoms with Gasteiger partial charge in [-0.15, -0.1) is 0 Å². The van der Waals surface area contributed by atoms with E-state index in [4.69, 9.17) is 4.74 Å². The van der Waals surface area contributed by atoms with Crippen LogP contribution in [0.25, 0.3) is 0 Å². The summed E-state index contributed by atoms with van der Waals surface area (Å²) in [4.78, 5) is 2.62. The molecule has 1 atom stereocenters. The van der Waals surface area contributed by atoms with Crippen LogP contribution in [0, 0.1) is 0 Å². The lowest BCUT2D eigenvalue weighted by Crippen LogP contribution is -2.41. The molecule has 2 aliphatic rings. The molecule has 13 heavy (non-hydrogen) atoms. The van der Waals surface area contributed by atoms with Gasteiger partial charge in [-0.05, 0) is 45.4 Å². The summed E-state index contributed by atoms with van der Waals surface area (Å²) in [7, 11) is 0. The molecule has 76 valence electrons. The van der Waals surface area contributed by atoms with E-state index in [0.717, 1.165) is 19.3 Å². The number of hydrogen-bond donors (Lipinski definition) is 1. The first-order chi connectivity index (χ1) is 6.47. The van der Waals surface area contributed by atoms with E-state index in [-0.39, 0.29) is 0 Å². The second-order valence-electron chi connectivity index (χ2n) is 4.01. The van der Waals surface area contributed by atoms with Crippen molar-refractivity contribution in [2.75, 3.05) is 39.4 Å². The summed E-state index contributed by atoms with van der Waals surface area (Å²) in [6.45, 7) is 6.81. The first-order valence-corrected chi connectivity index (χ1v) is 5.49. The summed E-state index contributed by atoms with van der Waals surface area (Å²) in [6, 6.07) is 0.720. The average Bonchev–Trinajstić information content (AvgIpc) is 2.55. The summed E-state index contributed by atoms with van der Waals surface area (Å²) >= 11 is 0. The normalized spacial score (nSPS) is 32.8. The largest absolute Gasteiger partial charge is 0.380 e. The van der Waals surface area contributed by atoms with E-state index >= 15 is 0 Å². The Morgan fingerprint density at radius 1 is 1.15 bits per heavy atom. The van der Waals surface area contributed by atoms with Gasteiger partial charge in [-0.25, -0.2) is 0 Å². The summed E-state index contributed by atoms with van der Waals surface area (Å²) in [5.41, 5.74) is 0. The minimum Gasteiger partial charge on any atom is -0.380 e. The number of hydrogen-bond acceptors (Lipinski definition) is 3. The van der Waals surface area contributed by atoms with Crippen LogP contribution in [-0.4, -0.2) is 50.3 Å². The molecule has 0 saturated carbocycles. The van der Waals surface area contributed by atoms with Gasteiger partial charge in [0.1, 0.15) is 0 Å². The Hall–Kier alpha value is -0.120. The zero-order valence-corrected chi connectivity index (χ0v) is 8.30. The van der Waals surface area contributed by atoms with Crippen molar-refractivity contribution < 1.29 is 4.74 Å². The molecule has 3 nitrogen and oxygen atoms in total. The molecule has 0 spiro atoms. The van der Waals surface area contributed by atoms with Gasteiger partial charge in [0.05, 0.1) is 6.61 Å². The zero-order valence-electron chi connectivity index (χ0n) is 8.30. The Morgan fingerprint density at radius 2 is 1.92 bits per heavy atom. The molecular weight excluding hydrogens is 164 g/mol. The predicted molar refractivity (Wildman–Crippen MR) is 52.9 cm³/mol. The summed E-state index contributed by atoms with van der Waals surface area (Å²) in [5.74, 6) is 0. The van der Waals surface area contributed by atoms with Gasteiger partial charge < -0.3 is 10.1 Å². The van der Waals surface area contributed by atoms with Crippen LogP contribution in [0.3, 0.4) is 0 Å². The third-order valence-corrected chi connectivity index (χ3v) is 3.02. The maximum atomic E-state index is 5.43. The van der Waals surface area contributed by atoms with Crippen molar-refractivity contribution in [3.63, 3.8) is 0 Å². The Kier molecular flexibility index (Phi) is 3.58. The van der Waals surface area contributed by atoms with Crippen LogP contribution in [0.1, 0.15) is 19.3 Å². The van der Waals surface area contributed by atoms with Crippen molar-refractivity contribution in [2.24, 2.45) is 0 Å². The smallest absolute Gasteiger partial charge is 0.0622 e. The van der Waals surface area contributed by atoms with Gasteiger partial charge in [-0.2, -0.15) is 0 Å². The third kappa shape index (κ3) is 2.66. The maximum absolute atomic E-state index is 5.43. The molecule has 0 aromatic carbocycles. The predicted octanol–water partition coefficient (Wildman–Crippen LogP) is 0.461. The van der Waals surface area contributed by atoms with Crippen LogP contribution in [0.15, 0.2) is 0 Å². The number of rotatable bonds is 1. The van der Waals surface area contributed by atoms with Gasteiger partial charge in [0.15, 0.2) is 0 Å². The van der Waals surface area contributed by atoms with Crippen molar-refractivity contribution in [3.05, 3.63) is 0 Å². The molecule has 1 N–H and O–H groups in total. The molecule has 1 unspecified atom stereocenters. The van der Waals surface area contributed by atoms with Crippen LogP contribution >= 0.6 is 0 Å². The van der Waals surface area contributed by atoms with Crippen LogP contribution in [0.2, 0.25) is 0 Å². The quantitative estimate of drug-likeness (QED) is 0.641. The zero-order chi connectivity index (χ0) is 8.93. The fourth-order valence-corrected chi connectivity index (χ4v) is 2.23. The monoisotopic (exact) mass is 184 g/mol. The first kappa shape index (κ1) is 9.44. The number of ether oxygens (including phenoxy) is 1. The van der Waals surface area contributed by atoms with Crippen LogP contribution < -0.4 is 5.32 Å². The van der Waals surface area contributed by atoms with Crippen LogP contribution in [-0.2, 0) is 4.74 Å². The lowest BCUT2D eigenvalue weighted by molar-refractivity contribution is 0.138. The highest BCUT2D eigenvalue weighted by Gasteiger charge is 2.22. The molecule has 2 heterocycles. The van der Waals surface area contributed by atoms with E-state index in [1.807, 2.05) is 0 Å². The van der Waals surface area contributed by atoms with Gasteiger partial charge >= 0.3 is 0 Å². The van der Waals surface area contributed by atoms with E-state index < -0.39 is 0 Å². The van der Waals surface area contributed by atoms with Crippen molar-refractivity contribution >= 4 is 0 Å². The van der Waals surface area contributed by atoms with E-state index in [0.29, 0.717) is 0 Å². The standard InChI is InChI=1S/C10H20N2O/c1-4-11-5-2-7-12(6-1)10-3-8-13-9-10/h10-11H,1-9H2. The maximum Gasteiger partial charge on any atom is 0.0622 e. The van der Waals surface area contributed by atoms with Crippen molar-refractivity contribution in [2.45, 2.75) is 25.3 Å². The van der Waals surface area contributed by atoms with Gasteiger partial charge in [-0.3, -0.25) is 4.90 Å². The molecule has 0 amide bonds. The topological polar surface area (TPSA) is 24.5 Å². The second-order valence-corrected chi connectivity index (χ2v) is 4.01. The third-order valence-electron chi connectivity index (χ3n) is 3.02. The summed E-state index contributed by atoms with van der Waals surface area (Å²) < 4.78 is 5.43. The van der Waals surface area contributed by atoms with E-state index in [2.05, 4.69) is 10.2 Å². The molecule has 3 heteroatoms. The van der Waals surface area contributed by atoms with Gasteiger partial charge in [0.2, 0.25) is 0 Å². The fourth-order valence-electron chi connectivity index (χ4n) is 2.23. The fraction of sp³-hybridized carbons (Fsp3) is 1.00. The molecular formula is C10H20N2O. The lowest BCUT2D eigenvalue weighted by Gasteiger charge is -2.29. The van der Waals surface area contributed by atoms with Gasteiger partial charge in [0, 0.05) is 12.6 Å². The Balaban J connectivity index is 1.80. The molecule has 0 aromatic heterocycles. The Labute approximate surface area is 80.4 Å². The number of nitrogens with zero attached hydrogens (tertiary/aromatic N) is 1. The van der Waals surface area contributed by atoms with Crippen molar-refractivity contribution in [3.8, 4) is 0 Å². The molecule has 2 rings (SSSR count). The Bertz CT molecular complexity index is 138. The molecule has 0 bridgehead atoms. The molecule has 2 aliphatic heterocycles.